The number of esters is 1. The summed E-state index contributed by atoms with van der Waals surface area (Å²) in [6.45, 7) is 4.56. The molecule has 1 saturated heterocycles. The van der Waals surface area contributed by atoms with E-state index in [2.05, 4.69) is 13.1 Å². The van der Waals surface area contributed by atoms with Gasteiger partial charge in [-0.2, -0.15) is 0 Å². The van der Waals surface area contributed by atoms with Crippen molar-refractivity contribution in [3.8, 4) is 28.7 Å². The van der Waals surface area contributed by atoms with Crippen LogP contribution in [0.5, 0.6) is 28.7 Å². The standard InChI is InChI=1S/C25H30O8Si/c1-27-19-7-13(8-20(28-2)24(19)29-3)21-14-9-17-18(32-12-31-17)10-15(14)23-16(11-34(5,6)33-23)22(21)25(26)30-4/h7-10,16,21-23H,11-12H2,1-6H3/t16-,21+,22?,23+/m0/s1. The fourth-order valence-corrected chi connectivity index (χ4v) is 8.50. The molecule has 8 nitrogen and oxygen atoms in total. The van der Waals surface area contributed by atoms with Gasteiger partial charge in [-0.15, -0.1) is 0 Å². The number of hydrogen-bond acceptors (Lipinski definition) is 8. The highest BCUT2D eigenvalue weighted by molar-refractivity contribution is 6.71. The van der Waals surface area contributed by atoms with Crippen LogP contribution in [0.4, 0.5) is 0 Å². The van der Waals surface area contributed by atoms with Gasteiger partial charge in [0.25, 0.3) is 0 Å². The Bertz CT molecular complexity index is 1110. The van der Waals surface area contributed by atoms with Crippen molar-refractivity contribution in [2.75, 3.05) is 35.2 Å². The Labute approximate surface area is 200 Å². The lowest BCUT2D eigenvalue weighted by atomic mass is 9.65. The summed E-state index contributed by atoms with van der Waals surface area (Å²) >= 11 is 0. The van der Waals surface area contributed by atoms with Crippen LogP contribution in [-0.4, -0.2) is 49.5 Å². The zero-order valence-electron chi connectivity index (χ0n) is 20.3. The molecule has 2 heterocycles. The van der Waals surface area contributed by atoms with Gasteiger partial charge in [0.2, 0.25) is 12.5 Å². The fraction of sp³-hybridized carbons (Fsp3) is 0.480. The summed E-state index contributed by atoms with van der Waals surface area (Å²) in [6, 6.07) is 8.67. The Kier molecular flexibility index (Phi) is 5.64. The average molecular weight is 487 g/mol. The minimum atomic E-state index is -1.99. The summed E-state index contributed by atoms with van der Waals surface area (Å²) in [5.41, 5.74) is 2.86. The van der Waals surface area contributed by atoms with Crippen LogP contribution in [0.15, 0.2) is 24.3 Å². The van der Waals surface area contributed by atoms with E-state index in [1.165, 1.54) is 7.11 Å². The third kappa shape index (κ3) is 3.49. The van der Waals surface area contributed by atoms with Crippen molar-refractivity contribution in [2.24, 2.45) is 11.8 Å². The number of hydrogen-bond donors (Lipinski definition) is 0. The van der Waals surface area contributed by atoms with Gasteiger partial charge in [-0.3, -0.25) is 4.79 Å². The molecular weight excluding hydrogens is 456 g/mol. The molecule has 0 N–H and O–H groups in total. The second-order valence-electron chi connectivity index (χ2n) is 9.49. The lowest BCUT2D eigenvalue weighted by Crippen LogP contribution is -2.37. The summed E-state index contributed by atoms with van der Waals surface area (Å²) in [6.07, 6.45) is -0.200. The molecule has 0 saturated carbocycles. The third-order valence-corrected chi connectivity index (χ3v) is 9.47. The molecule has 0 radical (unpaired) electrons. The molecule has 9 heteroatoms. The highest BCUT2D eigenvalue weighted by atomic mass is 28.4. The van der Waals surface area contributed by atoms with Crippen LogP contribution in [-0.2, 0) is 14.0 Å². The zero-order valence-corrected chi connectivity index (χ0v) is 21.3. The molecule has 3 aliphatic rings. The molecule has 0 bridgehead atoms. The summed E-state index contributed by atoms with van der Waals surface area (Å²) in [5.74, 6) is 1.88. The van der Waals surface area contributed by atoms with Crippen LogP contribution >= 0.6 is 0 Å². The van der Waals surface area contributed by atoms with Crippen molar-refractivity contribution in [2.45, 2.75) is 31.2 Å². The molecule has 2 aliphatic heterocycles. The topological polar surface area (TPSA) is 81.7 Å². The maximum absolute atomic E-state index is 13.4. The second kappa shape index (κ2) is 8.39. The third-order valence-electron chi connectivity index (χ3n) is 7.12. The van der Waals surface area contributed by atoms with Gasteiger partial charge in [0.15, 0.2) is 31.3 Å². The van der Waals surface area contributed by atoms with Crippen molar-refractivity contribution < 1.29 is 37.6 Å². The van der Waals surface area contributed by atoms with Crippen molar-refractivity contribution >= 4 is 14.3 Å². The molecule has 4 atom stereocenters. The normalized spacial score (nSPS) is 25.8. The van der Waals surface area contributed by atoms with Crippen LogP contribution in [0, 0.1) is 11.8 Å². The van der Waals surface area contributed by atoms with E-state index in [4.69, 9.17) is 32.8 Å². The molecule has 34 heavy (non-hydrogen) atoms. The van der Waals surface area contributed by atoms with E-state index in [1.54, 1.807) is 21.3 Å². The Hall–Kier alpha value is -2.91. The molecule has 1 aliphatic carbocycles. The number of carbonyl (C=O) groups excluding carboxylic acids is 1. The molecule has 1 unspecified atom stereocenters. The minimum absolute atomic E-state index is 0.0221. The quantitative estimate of drug-likeness (QED) is 0.458. The molecule has 0 aromatic heterocycles. The van der Waals surface area contributed by atoms with Crippen LogP contribution in [0.2, 0.25) is 19.1 Å². The van der Waals surface area contributed by atoms with Gasteiger partial charge < -0.3 is 32.8 Å². The predicted molar refractivity (Wildman–Crippen MR) is 126 cm³/mol. The highest BCUT2D eigenvalue weighted by Gasteiger charge is 2.55. The highest BCUT2D eigenvalue weighted by Crippen LogP contribution is 2.59. The van der Waals surface area contributed by atoms with E-state index in [9.17, 15) is 4.79 Å². The van der Waals surface area contributed by atoms with Gasteiger partial charge in [-0.25, -0.2) is 0 Å². The van der Waals surface area contributed by atoms with Gasteiger partial charge in [0.05, 0.1) is 40.5 Å². The van der Waals surface area contributed by atoms with Crippen molar-refractivity contribution in [1.82, 2.24) is 0 Å². The lowest BCUT2D eigenvalue weighted by molar-refractivity contribution is -0.149. The number of benzene rings is 2. The summed E-state index contributed by atoms with van der Waals surface area (Å²) < 4.78 is 40.2. The van der Waals surface area contributed by atoms with Crippen molar-refractivity contribution in [1.29, 1.82) is 0 Å². The smallest absolute Gasteiger partial charge is 0.310 e. The van der Waals surface area contributed by atoms with Gasteiger partial charge in [-0.1, -0.05) is 0 Å². The van der Waals surface area contributed by atoms with Crippen LogP contribution < -0.4 is 23.7 Å². The lowest BCUT2D eigenvalue weighted by Gasteiger charge is -2.40. The minimum Gasteiger partial charge on any atom is -0.493 e. The largest absolute Gasteiger partial charge is 0.493 e. The SMILES string of the molecule is COC(=O)C1[C@H](c2cc(OC)c(OC)c(OC)c2)c2cc3c(cc2[C@H]2O[Si](C)(C)C[C@@H]12)OCO3. The van der Waals surface area contributed by atoms with Crippen molar-refractivity contribution in [3.63, 3.8) is 0 Å². The molecule has 182 valence electrons. The van der Waals surface area contributed by atoms with E-state index >= 15 is 0 Å². The van der Waals surface area contributed by atoms with Gasteiger partial charge in [-0.05, 0) is 60.1 Å². The first-order valence-corrected chi connectivity index (χ1v) is 14.4. The molecular formula is C25H30O8Si. The molecule has 0 amide bonds. The van der Waals surface area contributed by atoms with E-state index < -0.39 is 14.2 Å². The van der Waals surface area contributed by atoms with Crippen LogP contribution in [0.1, 0.15) is 28.7 Å². The maximum atomic E-state index is 13.4. The molecule has 2 aromatic carbocycles. The predicted octanol–water partition coefficient (Wildman–Crippen LogP) is 4.27. The number of carbonyl (C=O) groups is 1. The number of ether oxygens (including phenoxy) is 6. The van der Waals surface area contributed by atoms with Gasteiger partial charge in [0, 0.05) is 11.8 Å². The summed E-state index contributed by atoms with van der Waals surface area (Å²) in [4.78, 5) is 13.4. The first-order chi connectivity index (χ1) is 16.3. The molecule has 1 fully saturated rings. The average Bonchev–Trinajstić information content (AvgIpc) is 3.42. The van der Waals surface area contributed by atoms with E-state index in [1.807, 2.05) is 24.3 Å². The Balaban J connectivity index is 1.77. The first kappa shape index (κ1) is 22.9. The maximum Gasteiger partial charge on any atom is 0.310 e. The van der Waals surface area contributed by atoms with Gasteiger partial charge in [0.1, 0.15) is 0 Å². The summed E-state index contributed by atoms with van der Waals surface area (Å²) in [7, 11) is 4.19. The van der Waals surface area contributed by atoms with Crippen molar-refractivity contribution in [3.05, 3.63) is 41.0 Å². The Morgan fingerprint density at radius 2 is 1.53 bits per heavy atom. The second-order valence-corrected chi connectivity index (χ2v) is 13.6. The number of methoxy groups -OCH3 is 4. The number of fused-ring (bicyclic) bond motifs is 4. The van der Waals surface area contributed by atoms with Crippen LogP contribution in [0.25, 0.3) is 0 Å². The summed E-state index contributed by atoms with van der Waals surface area (Å²) in [5, 5.41) is 0. The van der Waals surface area contributed by atoms with E-state index in [0.29, 0.717) is 28.7 Å². The monoisotopic (exact) mass is 486 g/mol. The first-order valence-electron chi connectivity index (χ1n) is 11.3. The van der Waals surface area contributed by atoms with Crippen LogP contribution in [0.3, 0.4) is 0 Å². The molecule has 2 aromatic rings. The van der Waals surface area contributed by atoms with E-state index in [-0.39, 0.29) is 30.7 Å². The Morgan fingerprint density at radius 1 is 0.912 bits per heavy atom. The zero-order chi connectivity index (χ0) is 24.2. The Morgan fingerprint density at radius 3 is 2.09 bits per heavy atom. The van der Waals surface area contributed by atoms with Gasteiger partial charge >= 0.3 is 5.97 Å². The van der Waals surface area contributed by atoms with E-state index in [0.717, 1.165) is 22.7 Å². The number of rotatable bonds is 5. The fourth-order valence-electron chi connectivity index (χ4n) is 5.81. The molecule has 5 rings (SSSR count). The molecule has 0 spiro atoms.